The van der Waals surface area contributed by atoms with Crippen molar-refractivity contribution in [2.75, 3.05) is 6.54 Å². The molecule has 1 aromatic heterocycles. The largest absolute Gasteiger partial charge is 0.443 e. The number of nitrogens with one attached hydrogen (secondary N) is 3. The van der Waals surface area contributed by atoms with E-state index in [9.17, 15) is 19.5 Å². The number of benzene rings is 2. The highest BCUT2D eigenvalue weighted by molar-refractivity contribution is 5.98. The highest BCUT2D eigenvalue weighted by Gasteiger charge is 2.31. The lowest BCUT2D eigenvalue weighted by Gasteiger charge is -2.34. The normalized spacial score (nSPS) is 13.9. The molecule has 3 amide bonds. The number of carbonyl (C=O) groups is 3. The summed E-state index contributed by atoms with van der Waals surface area (Å²) in [5, 5.41) is 19.7. The number of rotatable bonds is 12. The minimum Gasteiger partial charge on any atom is -0.443 e. The average molecular weight is 592 g/mol. The van der Waals surface area contributed by atoms with E-state index in [0.717, 1.165) is 10.9 Å². The van der Waals surface area contributed by atoms with Crippen molar-refractivity contribution in [3.05, 3.63) is 78.0 Å². The Hall–Kier alpha value is -4.02. The minimum atomic E-state index is -1.08. The number of aromatic nitrogens is 1. The quantitative estimate of drug-likeness (QED) is 0.232. The number of para-hydroxylation sites is 1. The molecule has 3 atom stereocenters. The summed E-state index contributed by atoms with van der Waals surface area (Å²) in [6.07, 6.45) is -1.38. The molecule has 0 bridgehead atoms. The van der Waals surface area contributed by atoms with Gasteiger partial charge in [0, 0.05) is 18.0 Å². The Balaban J connectivity index is 1.78. The maximum absolute atomic E-state index is 13.7. The molecule has 0 saturated carbocycles. The zero-order valence-corrected chi connectivity index (χ0v) is 26.1. The third-order valence-corrected chi connectivity index (χ3v) is 6.80. The molecule has 10 heteroatoms. The van der Waals surface area contributed by atoms with Gasteiger partial charge in [-0.2, -0.15) is 0 Å². The lowest BCUT2D eigenvalue weighted by atomic mass is 9.98. The third-order valence-electron chi connectivity index (χ3n) is 6.80. The first kappa shape index (κ1) is 33.5. The first-order chi connectivity index (χ1) is 20.2. The first-order valence-corrected chi connectivity index (χ1v) is 14.7. The Morgan fingerprint density at radius 2 is 1.56 bits per heavy atom. The summed E-state index contributed by atoms with van der Waals surface area (Å²) in [4.78, 5) is 43.8. The first-order valence-electron chi connectivity index (χ1n) is 14.7. The highest BCUT2D eigenvalue weighted by Crippen LogP contribution is 2.14. The molecule has 0 aliphatic rings. The van der Waals surface area contributed by atoms with Crippen LogP contribution in [-0.2, 0) is 16.0 Å². The van der Waals surface area contributed by atoms with Gasteiger partial charge >= 0.3 is 6.09 Å². The molecule has 0 saturated heterocycles. The number of carbonyl (C=O) groups excluding carboxylic acids is 3. The van der Waals surface area contributed by atoms with Crippen LogP contribution >= 0.6 is 0 Å². The zero-order chi connectivity index (χ0) is 31.7. The van der Waals surface area contributed by atoms with Gasteiger partial charge in [0.25, 0.3) is 5.91 Å². The van der Waals surface area contributed by atoms with Gasteiger partial charge in [-0.3, -0.25) is 15.0 Å². The third kappa shape index (κ3) is 10.3. The van der Waals surface area contributed by atoms with Crippen molar-refractivity contribution in [3.63, 3.8) is 0 Å². The van der Waals surface area contributed by atoms with Crippen LogP contribution < -0.4 is 16.1 Å². The summed E-state index contributed by atoms with van der Waals surface area (Å²) in [7, 11) is 0. The molecule has 0 fully saturated rings. The lowest BCUT2D eigenvalue weighted by Crippen LogP contribution is -2.58. The van der Waals surface area contributed by atoms with Crippen LogP contribution in [0.4, 0.5) is 4.79 Å². The Labute approximate surface area is 254 Å². The molecular weight excluding hydrogens is 546 g/mol. The van der Waals surface area contributed by atoms with Gasteiger partial charge in [-0.05, 0) is 64.7 Å². The van der Waals surface area contributed by atoms with Crippen LogP contribution in [0.2, 0.25) is 0 Å². The summed E-state index contributed by atoms with van der Waals surface area (Å²) < 4.78 is 5.39. The van der Waals surface area contributed by atoms with Crippen molar-refractivity contribution in [2.45, 2.75) is 84.7 Å². The molecule has 3 aromatic rings. The highest BCUT2D eigenvalue weighted by atomic mass is 16.6. The molecule has 1 unspecified atom stereocenters. The van der Waals surface area contributed by atoms with Gasteiger partial charge in [0.05, 0.1) is 17.7 Å². The van der Waals surface area contributed by atoms with Crippen LogP contribution in [0.5, 0.6) is 0 Å². The molecule has 43 heavy (non-hydrogen) atoms. The number of hydrogen-bond acceptors (Lipinski definition) is 7. The molecule has 2 aromatic carbocycles. The van der Waals surface area contributed by atoms with Gasteiger partial charge in [-0.15, -0.1) is 0 Å². The molecule has 4 N–H and O–H groups in total. The van der Waals surface area contributed by atoms with Crippen LogP contribution in [0.3, 0.4) is 0 Å². The zero-order valence-electron chi connectivity index (χ0n) is 26.1. The van der Waals surface area contributed by atoms with Gasteiger partial charge in [-0.1, -0.05) is 68.4 Å². The second-order valence-corrected chi connectivity index (χ2v) is 12.3. The molecule has 3 rings (SSSR count). The van der Waals surface area contributed by atoms with Gasteiger partial charge in [0.15, 0.2) is 0 Å². The number of pyridine rings is 1. The maximum Gasteiger partial charge on any atom is 0.422 e. The second kappa shape index (κ2) is 14.9. The molecule has 0 radical (unpaired) electrons. The second-order valence-electron chi connectivity index (χ2n) is 12.3. The van der Waals surface area contributed by atoms with Crippen molar-refractivity contribution < 1.29 is 24.2 Å². The number of fused-ring (bicyclic) bond motifs is 1. The van der Waals surface area contributed by atoms with Crippen LogP contribution in [0, 0.1) is 5.92 Å². The predicted octanol–water partition coefficient (Wildman–Crippen LogP) is 4.23. The van der Waals surface area contributed by atoms with E-state index in [1.807, 2.05) is 88.4 Å². The number of nitrogens with zero attached hydrogens (tertiary/aromatic N) is 2. The maximum atomic E-state index is 13.7. The molecule has 0 aliphatic heterocycles. The molecule has 10 nitrogen and oxygen atoms in total. The van der Waals surface area contributed by atoms with E-state index in [-0.39, 0.29) is 24.2 Å². The van der Waals surface area contributed by atoms with E-state index in [2.05, 4.69) is 21.0 Å². The van der Waals surface area contributed by atoms with E-state index >= 15 is 0 Å². The van der Waals surface area contributed by atoms with Crippen molar-refractivity contribution in [2.24, 2.45) is 5.92 Å². The van der Waals surface area contributed by atoms with Gasteiger partial charge in [-0.25, -0.2) is 14.8 Å². The molecule has 232 valence electrons. The monoisotopic (exact) mass is 591 g/mol. The minimum absolute atomic E-state index is 0.0222. The topological polar surface area (TPSA) is 133 Å². The molecule has 0 spiro atoms. The molecular formula is C33H45N5O5. The fraction of sp³-hybridized carbons (Fsp3) is 0.455. The van der Waals surface area contributed by atoms with E-state index in [4.69, 9.17) is 4.74 Å². The smallest absolute Gasteiger partial charge is 0.422 e. The van der Waals surface area contributed by atoms with Crippen LogP contribution in [-0.4, -0.2) is 69.4 Å². The van der Waals surface area contributed by atoms with Crippen LogP contribution in [0.25, 0.3) is 10.9 Å². The van der Waals surface area contributed by atoms with Gasteiger partial charge in [0.2, 0.25) is 5.91 Å². The van der Waals surface area contributed by atoms with Crippen molar-refractivity contribution in [3.8, 4) is 0 Å². The van der Waals surface area contributed by atoms with E-state index < -0.39 is 41.7 Å². The number of amides is 3. The van der Waals surface area contributed by atoms with E-state index in [0.29, 0.717) is 11.9 Å². The number of hydrogen-bond donors (Lipinski definition) is 4. The average Bonchev–Trinajstić information content (AvgIpc) is 2.94. The van der Waals surface area contributed by atoms with Crippen LogP contribution in [0.1, 0.15) is 64.5 Å². The SMILES string of the molecule is CC(C)[C@H](NC(=O)c1ccc2ccccc2n1)C(=O)N[C@@H](Cc1ccccc1)C(O)CN(NC(=O)OC(C)(C)C)C(C)C. The number of hydrazine groups is 1. The Morgan fingerprint density at radius 1 is 0.907 bits per heavy atom. The standard InChI is InChI=1S/C33H45N5O5/c1-21(2)29(36-30(40)26-18-17-24-15-11-12-16-25(24)34-26)31(41)35-27(19-23-13-9-8-10-14-23)28(39)20-38(22(3)4)37-32(42)43-33(5,6)7/h8-18,21-22,27-29,39H,19-20H2,1-7H3,(H,35,41)(H,36,40)(H,37,42)/t27-,28?,29-/m0/s1. The summed E-state index contributed by atoms with van der Waals surface area (Å²) >= 11 is 0. The van der Waals surface area contributed by atoms with Crippen molar-refractivity contribution in [1.82, 2.24) is 26.1 Å². The number of ether oxygens (including phenoxy) is 1. The number of aliphatic hydroxyl groups excluding tert-OH is 1. The molecule has 1 heterocycles. The Kier molecular flexibility index (Phi) is 11.6. The molecule has 0 aliphatic carbocycles. The fourth-order valence-corrected chi connectivity index (χ4v) is 4.50. The predicted molar refractivity (Wildman–Crippen MR) is 167 cm³/mol. The number of aliphatic hydroxyl groups is 1. The summed E-state index contributed by atoms with van der Waals surface area (Å²) in [6.45, 7) is 12.8. The van der Waals surface area contributed by atoms with Crippen LogP contribution in [0.15, 0.2) is 66.7 Å². The Morgan fingerprint density at radius 3 is 2.19 bits per heavy atom. The van der Waals surface area contributed by atoms with E-state index in [1.165, 1.54) is 0 Å². The van der Waals surface area contributed by atoms with Gasteiger partial charge in [0.1, 0.15) is 17.3 Å². The lowest BCUT2D eigenvalue weighted by molar-refractivity contribution is -0.125. The van der Waals surface area contributed by atoms with Gasteiger partial charge < -0.3 is 20.5 Å². The summed E-state index contributed by atoms with van der Waals surface area (Å²) in [5.74, 6) is -1.15. The summed E-state index contributed by atoms with van der Waals surface area (Å²) in [5.41, 5.74) is 3.82. The van der Waals surface area contributed by atoms with Crippen molar-refractivity contribution >= 4 is 28.8 Å². The summed E-state index contributed by atoms with van der Waals surface area (Å²) in [6, 6.07) is 18.7. The van der Waals surface area contributed by atoms with E-state index in [1.54, 1.807) is 31.8 Å². The Bertz CT molecular complexity index is 1370. The van der Waals surface area contributed by atoms with Crippen molar-refractivity contribution in [1.29, 1.82) is 0 Å². The fourth-order valence-electron chi connectivity index (χ4n) is 4.50.